The molecule has 31 heavy (non-hydrogen) atoms. The van der Waals surface area contributed by atoms with Gasteiger partial charge in [0.05, 0.1) is 13.7 Å². The van der Waals surface area contributed by atoms with Gasteiger partial charge in [-0.2, -0.15) is 17.7 Å². The number of rotatable bonds is 4. The summed E-state index contributed by atoms with van der Waals surface area (Å²) in [5.41, 5.74) is 7.24. The molecule has 13 heteroatoms. The molecule has 162 valence electrons. The Labute approximate surface area is 173 Å². The zero-order valence-electron chi connectivity index (χ0n) is 16.5. The van der Waals surface area contributed by atoms with Gasteiger partial charge in [-0.15, -0.1) is 15.3 Å². The van der Waals surface area contributed by atoms with Crippen molar-refractivity contribution in [2.24, 2.45) is 0 Å². The summed E-state index contributed by atoms with van der Waals surface area (Å²) in [7, 11) is 1.56. The second-order valence-corrected chi connectivity index (χ2v) is 7.21. The van der Waals surface area contributed by atoms with Crippen molar-refractivity contribution in [1.82, 2.24) is 39.2 Å². The molecule has 0 bridgehead atoms. The summed E-state index contributed by atoms with van der Waals surface area (Å²) in [4.78, 5) is 11.0. The molecule has 0 saturated heterocycles. The van der Waals surface area contributed by atoms with Crippen LogP contribution in [-0.2, 0) is 25.7 Å². The van der Waals surface area contributed by atoms with E-state index in [2.05, 4.69) is 25.3 Å². The first kappa shape index (κ1) is 19.5. The number of hydrogen-bond donors (Lipinski definition) is 1. The van der Waals surface area contributed by atoms with Crippen LogP contribution in [-0.4, -0.2) is 59.4 Å². The first-order valence-corrected chi connectivity index (χ1v) is 9.54. The summed E-state index contributed by atoms with van der Waals surface area (Å²) in [6.45, 7) is 1.46. The molecule has 0 unspecified atom stereocenters. The lowest BCUT2D eigenvalue weighted by Crippen LogP contribution is -2.36. The minimum atomic E-state index is -4.51. The highest BCUT2D eigenvalue weighted by molar-refractivity contribution is 5.95. The first-order chi connectivity index (χ1) is 14.8. The number of para-hydroxylation sites is 1. The quantitative estimate of drug-likeness (QED) is 0.516. The zero-order chi connectivity index (χ0) is 21.8. The Morgan fingerprint density at radius 2 is 2.00 bits per heavy atom. The van der Waals surface area contributed by atoms with Gasteiger partial charge in [-0.25, -0.2) is 9.97 Å². The average molecular weight is 433 g/mol. The van der Waals surface area contributed by atoms with E-state index in [4.69, 9.17) is 10.5 Å². The standard InChI is InChI=1S/C18H18F3N9O/c1-31-11-4-2-3-10-14(11)24-17(22)30-15(10)23-12(27-30)5-6-28-7-8-29-13(9-28)25-26-16(29)18(19,20)21/h2-4H,5-9H2,1H3,(H2,22,24). The van der Waals surface area contributed by atoms with Crippen molar-refractivity contribution in [2.75, 3.05) is 25.9 Å². The molecule has 0 atom stereocenters. The summed E-state index contributed by atoms with van der Waals surface area (Å²) < 4.78 is 46.9. The molecule has 0 radical (unpaired) electrons. The average Bonchev–Trinajstić information content (AvgIpc) is 3.36. The van der Waals surface area contributed by atoms with Gasteiger partial charge in [-0.3, -0.25) is 4.90 Å². The van der Waals surface area contributed by atoms with E-state index in [0.717, 1.165) is 9.95 Å². The molecular formula is C18H18F3N9O. The van der Waals surface area contributed by atoms with E-state index in [-0.39, 0.29) is 19.0 Å². The van der Waals surface area contributed by atoms with Gasteiger partial charge in [0.1, 0.15) is 17.1 Å². The van der Waals surface area contributed by atoms with Crippen molar-refractivity contribution in [3.05, 3.63) is 35.7 Å². The number of anilines is 1. The number of nitrogens with two attached hydrogens (primary N) is 1. The molecule has 1 aliphatic rings. The van der Waals surface area contributed by atoms with Crippen molar-refractivity contribution in [3.63, 3.8) is 0 Å². The Bertz CT molecular complexity index is 1280. The number of alkyl halides is 3. The summed E-state index contributed by atoms with van der Waals surface area (Å²) in [5, 5.41) is 12.2. The largest absolute Gasteiger partial charge is 0.494 e. The Morgan fingerprint density at radius 3 is 2.77 bits per heavy atom. The summed E-state index contributed by atoms with van der Waals surface area (Å²) in [6.07, 6.45) is -4.01. The van der Waals surface area contributed by atoms with Crippen molar-refractivity contribution < 1.29 is 17.9 Å². The number of fused-ring (bicyclic) bond motifs is 4. The van der Waals surface area contributed by atoms with E-state index in [1.807, 2.05) is 17.0 Å². The predicted octanol–water partition coefficient (Wildman–Crippen LogP) is 1.54. The number of ether oxygens (including phenoxy) is 1. The van der Waals surface area contributed by atoms with Crippen LogP contribution < -0.4 is 10.5 Å². The third-order valence-corrected chi connectivity index (χ3v) is 5.29. The second-order valence-electron chi connectivity index (χ2n) is 7.21. The minimum absolute atomic E-state index is 0.178. The Kier molecular flexibility index (Phi) is 4.43. The van der Waals surface area contributed by atoms with Crippen molar-refractivity contribution in [1.29, 1.82) is 0 Å². The third-order valence-electron chi connectivity index (χ3n) is 5.29. The molecular weight excluding hydrogens is 415 g/mol. The summed E-state index contributed by atoms with van der Waals surface area (Å²) in [6, 6.07) is 5.50. The van der Waals surface area contributed by atoms with Crippen molar-refractivity contribution in [2.45, 2.75) is 25.7 Å². The zero-order valence-corrected chi connectivity index (χ0v) is 16.5. The number of nitrogen functional groups attached to an aromatic ring is 1. The third kappa shape index (κ3) is 3.30. The monoisotopic (exact) mass is 433 g/mol. The van der Waals surface area contributed by atoms with Crippen LogP contribution in [0.5, 0.6) is 5.75 Å². The van der Waals surface area contributed by atoms with Gasteiger partial charge in [0.15, 0.2) is 11.5 Å². The highest BCUT2D eigenvalue weighted by atomic mass is 19.4. The normalized spacial score (nSPS) is 15.0. The Balaban J connectivity index is 1.37. The van der Waals surface area contributed by atoms with Gasteiger partial charge in [0, 0.05) is 31.4 Å². The molecule has 4 heterocycles. The summed E-state index contributed by atoms with van der Waals surface area (Å²) >= 11 is 0. The van der Waals surface area contributed by atoms with Gasteiger partial charge in [-0.05, 0) is 12.1 Å². The number of halogens is 3. The van der Waals surface area contributed by atoms with Crippen molar-refractivity contribution >= 4 is 22.5 Å². The van der Waals surface area contributed by atoms with Crippen LogP contribution in [0.25, 0.3) is 16.6 Å². The van der Waals surface area contributed by atoms with Gasteiger partial charge in [-0.1, -0.05) is 6.07 Å². The molecule has 0 saturated carbocycles. The van der Waals surface area contributed by atoms with E-state index in [9.17, 15) is 13.2 Å². The molecule has 0 spiro atoms. The number of methoxy groups -OCH3 is 1. The van der Waals surface area contributed by atoms with Crippen LogP contribution >= 0.6 is 0 Å². The lowest BCUT2D eigenvalue weighted by atomic mass is 10.2. The highest BCUT2D eigenvalue weighted by Crippen LogP contribution is 2.30. The molecule has 4 aromatic rings. The van der Waals surface area contributed by atoms with Gasteiger partial charge in [0.25, 0.3) is 0 Å². The number of aromatic nitrogens is 7. The molecule has 0 fully saturated rings. The Morgan fingerprint density at radius 1 is 1.16 bits per heavy atom. The van der Waals surface area contributed by atoms with E-state index < -0.39 is 12.0 Å². The molecule has 3 aromatic heterocycles. The van der Waals surface area contributed by atoms with Crippen LogP contribution in [0.4, 0.5) is 19.1 Å². The topological polar surface area (TPSA) is 112 Å². The Hall–Kier alpha value is -3.48. The van der Waals surface area contributed by atoms with Gasteiger partial charge >= 0.3 is 6.18 Å². The maximum absolute atomic E-state index is 13.0. The minimum Gasteiger partial charge on any atom is -0.494 e. The summed E-state index contributed by atoms with van der Waals surface area (Å²) in [5.74, 6) is 0.692. The molecule has 0 amide bonds. The van der Waals surface area contributed by atoms with Gasteiger partial charge in [0.2, 0.25) is 11.8 Å². The molecule has 10 nitrogen and oxygen atoms in total. The fourth-order valence-electron chi connectivity index (χ4n) is 3.81. The van der Waals surface area contributed by atoms with Crippen LogP contribution in [0.2, 0.25) is 0 Å². The van der Waals surface area contributed by atoms with Gasteiger partial charge < -0.3 is 15.0 Å². The fraction of sp³-hybridized carbons (Fsp3) is 0.389. The van der Waals surface area contributed by atoms with Crippen LogP contribution in [0.1, 0.15) is 17.5 Å². The molecule has 5 rings (SSSR count). The fourth-order valence-corrected chi connectivity index (χ4v) is 3.81. The predicted molar refractivity (Wildman–Crippen MR) is 103 cm³/mol. The maximum Gasteiger partial charge on any atom is 0.451 e. The number of benzene rings is 1. The maximum atomic E-state index is 13.0. The van der Waals surface area contributed by atoms with E-state index >= 15 is 0 Å². The van der Waals surface area contributed by atoms with Crippen LogP contribution in [0.3, 0.4) is 0 Å². The highest BCUT2D eigenvalue weighted by Gasteiger charge is 2.39. The van der Waals surface area contributed by atoms with Crippen molar-refractivity contribution in [3.8, 4) is 5.75 Å². The molecule has 0 aliphatic carbocycles. The molecule has 1 aliphatic heterocycles. The van der Waals surface area contributed by atoms with Crippen LogP contribution in [0.15, 0.2) is 18.2 Å². The number of nitrogens with zero attached hydrogens (tertiary/aromatic N) is 8. The van der Waals surface area contributed by atoms with E-state index in [0.29, 0.717) is 48.1 Å². The van der Waals surface area contributed by atoms with E-state index in [1.165, 1.54) is 4.52 Å². The lowest BCUT2D eigenvalue weighted by molar-refractivity contribution is -0.148. The molecule has 1 aromatic carbocycles. The second kappa shape index (κ2) is 7.04. The molecule has 2 N–H and O–H groups in total. The van der Waals surface area contributed by atoms with E-state index in [1.54, 1.807) is 13.2 Å². The SMILES string of the molecule is COc1cccc2c1nc(N)n1nc(CCN3CCn4c(nnc4C(F)(F)F)C3)nc21. The lowest BCUT2D eigenvalue weighted by Gasteiger charge is -2.27. The van der Waals surface area contributed by atoms with Crippen LogP contribution in [0, 0.1) is 0 Å². The number of hydrogen-bond acceptors (Lipinski definition) is 8. The first-order valence-electron chi connectivity index (χ1n) is 9.54. The smallest absolute Gasteiger partial charge is 0.451 e.